The fourth-order valence-electron chi connectivity index (χ4n) is 1.06. The van der Waals surface area contributed by atoms with Crippen LogP contribution in [0.15, 0.2) is 21.8 Å². The predicted octanol–water partition coefficient (Wildman–Crippen LogP) is 2.17. The van der Waals surface area contributed by atoms with Crippen LogP contribution in [0.2, 0.25) is 0 Å². The summed E-state index contributed by atoms with van der Waals surface area (Å²) in [4.78, 5) is 10.1. The van der Waals surface area contributed by atoms with Crippen molar-refractivity contribution >= 4 is 27.8 Å². The van der Waals surface area contributed by atoms with Gasteiger partial charge in [0.05, 0.1) is 28.3 Å². The smallest absolute Gasteiger partial charge is 0.279 e. The molecule has 0 aromatic heterocycles. The van der Waals surface area contributed by atoms with Gasteiger partial charge >= 0.3 is 0 Å². The number of benzene rings is 1. The number of oxime groups is 1. The number of halogens is 1. The van der Waals surface area contributed by atoms with Crippen LogP contribution in [0.3, 0.4) is 0 Å². The average molecular weight is 275 g/mol. The fourth-order valence-corrected chi connectivity index (χ4v) is 1.66. The summed E-state index contributed by atoms with van der Waals surface area (Å²) in [6.45, 7) is 0. The highest BCUT2D eigenvalue weighted by molar-refractivity contribution is 9.10. The Morgan fingerprint density at radius 1 is 1.67 bits per heavy atom. The average Bonchev–Trinajstić information content (AvgIpc) is 2.20. The Morgan fingerprint density at radius 3 is 2.80 bits per heavy atom. The van der Waals surface area contributed by atoms with Crippen molar-refractivity contribution in [2.45, 2.75) is 0 Å². The van der Waals surface area contributed by atoms with E-state index < -0.39 is 4.92 Å². The summed E-state index contributed by atoms with van der Waals surface area (Å²) in [6, 6.07) is 2.73. The summed E-state index contributed by atoms with van der Waals surface area (Å²) in [5, 5.41) is 21.8. The van der Waals surface area contributed by atoms with Gasteiger partial charge in [0, 0.05) is 6.07 Å². The van der Waals surface area contributed by atoms with Gasteiger partial charge in [-0.25, -0.2) is 0 Å². The van der Waals surface area contributed by atoms with E-state index in [9.17, 15) is 10.1 Å². The minimum atomic E-state index is -0.568. The molecule has 0 atom stereocenters. The second kappa shape index (κ2) is 4.74. The van der Waals surface area contributed by atoms with Crippen LogP contribution < -0.4 is 4.74 Å². The van der Waals surface area contributed by atoms with Crippen LogP contribution in [-0.2, 0) is 0 Å². The van der Waals surface area contributed by atoms with Crippen molar-refractivity contribution in [2.24, 2.45) is 5.16 Å². The first kappa shape index (κ1) is 11.4. The van der Waals surface area contributed by atoms with Gasteiger partial charge in [0.1, 0.15) is 5.75 Å². The molecule has 1 N–H and O–H groups in total. The topological polar surface area (TPSA) is 85.0 Å². The third-order valence-corrected chi connectivity index (χ3v) is 2.54. The van der Waals surface area contributed by atoms with Gasteiger partial charge in [-0.05, 0) is 22.0 Å². The third-order valence-electron chi connectivity index (χ3n) is 1.72. The predicted molar refractivity (Wildman–Crippen MR) is 56.7 cm³/mol. The fraction of sp³-hybridized carbons (Fsp3) is 0.125. The van der Waals surface area contributed by atoms with E-state index in [1.165, 1.54) is 19.2 Å². The first-order valence-electron chi connectivity index (χ1n) is 3.80. The summed E-state index contributed by atoms with van der Waals surface area (Å²) in [5.41, 5.74) is -0.0117. The Kier molecular flexibility index (Phi) is 3.62. The van der Waals surface area contributed by atoms with Crippen LogP contribution in [0.25, 0.3) is 0 Å². The molecule has 80 valence electrons. The maximum atomic E-state index is 10.6. The molecule has 1 aromatic carbocycles. The van der Waals surface area contributed by atoms with Crippen molar-refractivity contribution < 1.29 is 14.9 Å². The summed E-state index contributed by atoms with van der Waals surface area (Å²) in [7, 11) is 1.44. The minimum absolute atomic E-state index is 0.154. The SMILES string of the molecule is COc1ccc([N+](=O)[O-])c(C=NO)c1Br. The third kappa shape index (κ3) is 2.24. The Balaban J connectivity index is 3.43. The van der Waals surface area contributed by atoms with Crippen molar-refractivity contribution in [1.82, 2.24) is 0 Å². The molecule has 0 heterocycles. The van der Waals surface area contributed by atoms with Crippen LogP contribution in [0.4, 0.5) is 5.69 Å². The van der Waals surface area contributed by atoms with Crippen molar-refractivity contribution in [3.63, 3.8) is 0 Å². The lowest BCUT2D eigenvalue weighted by Gasteiger charge is -2.05. The number of rotatable bonds is 3. The highest BCUT2D eigenvalue weighted by Crippen LogP contribution is 2.33. The molecule has 15 heavy (non-hydrogen) atoms. The van der Waals surface area contributed by atoms with Gasteiger partial charge in [-0.15, -0.1) is 0 Å². The van der Waals surface area contributed by atoms with Gasteiger partial charge in [-0.1, -0.05) is 5.16 Å². The van der Waals surface area contributed by atoms with Crippen molar-refractivity contribution in [2.75, 3.05) is 7.11 Å². The van der Waals surface area contributed by atoms with Crippen LogP contribution >= 0.6 is 15.9 Å². The van der Waals surface area contributed by atoms with E-state index in [2.05, 4.69) is 21.1 Å². The molecule has 6 nitrogen and oxygen atoms in total. The van der Waals surface area contributed by atoms with Crippen LogP contribution in [-0.4, -0.2) is 23.5 Å². The lowest BCUT2D eigenvalue weighted by Crippen LogP contribution is -1.97. The number of hydrogen-bond acceptors (Lipinski definition) is 5. The van der Waals surface area contributed by atoms with Gasteiger partial charge in [0.25, 0.3) is 5.69 Å². The summed E-state index contributed by atoms with van der Waals surface area (Å²) >= 11 is 3.13. The molecular weight excluding hydrogens is 268 g/mol. The highest BCUT2D eigenvalue weighted by Gasteiger charge is 2.18. The van der Waals surface area contributed by atoms with E-state index in [0.717, 1.165) is 6.21 Å². The number of hydrogen-bond donors (Lipinski definition) is 1. The van der Waals surface area contributed by atoms with E-state index in [0.29, 0.717) is 10.2 Å². The van der Waals surface area contributed by atoms with E-state index >= 15 is 0 Å². The molecule has 0 radical (unpaired) electrons. The van der Waals surface area contributed by atoms with Gasteiger partial charge < -0.3 is 9.94 Å². The maximum Gasteiger partial charge on any atom is 0.279 e. The second-order valence-corrected chi connectivity index (χ2v) is 3.31. The number of methoxy groups -OCH3 is 1. The summed E-state index contributed by atoms with van der Waals surface area (Å²) < 4.78 is 5.33. The molecule has 0 amide bonds. The Bertz CT molecular complexity index is 419. The highest BCUT2D eigenvalue weighted by atomic mass is 79.9. The molecule has 0 fully saturated rings. The lowest BCUT2D eigenvalue weighted by atomic mass is 10.2. The van der Waals surface area contributed by atoms with Crippen LogP contribution in [0.5, 0.6) is 5.75 Å². The molecule has 0 spiro atoms. The molecule has 0 aliphatic heterocycles. The molecule has 0 saturated heterocycles. The zero-order valence-corrected chi connectivity index (χ0v) is 9.26. The lowest BCUT2D eigenvalue weighted by molar-refractivity contribution is -0.385. The zero-order valence-electron chi connectivity index (χ0n) is 7.68. The largest absolute Gasteiger partial charge is 0.496 e. The van der Waals surface area contributed by atoms with Crippen LogP contribution in [0.1, 0.15) is 5.56 Å². The standard InChI is InChI=1S/C8H7BrN2O4/c1-15-7-3-2-6(11(13)14)5(4-10-12)8(7)9/h2-4,12H,1H3. The number of nitro benzene ring substituents is 1. The number of ether oxygens (including phenoxy) is 1. The van der Waals surface area contributed by atoms with E-state index in [4.69, 9.17) is 9.94 Å². The quantitative estimate of drug-likeness (QED) is 0.396. The van der Waals surface area contributed by atoms with Crippen molar-refractivity contribution in [3.8, 4) is 5.75 Å². The molecule has 1 aromatic rings. The summed E-state index contributed by atoms with van der Waals surface area (Å²) in [6.07, 6.45) is 0.977. The number of nitro groups is 1. The van der Waals surface area contributed by atoms with Crippen molar-refractivity contribution in [3.05, 3.63) is 32.3 Å². The molecular formula is C8H7BrN2O4. The molecule has 1 rings (SSSR count). The Labute approximate surface area is 93.4 Å². The molecule has 0 saturated carbocycles. The van der Waals surface area contributed by atoms with E-state index in [1.807, 2.05) is 0 Å². The van der Waals surface area contributed by atoms with E-state index in [-0.39, 0.29) is 11.3 Å². The van der Waals surface area contributed by atoms with Gasteiger partial charge in [0.15, 0.2) is 0 Å². The molecule has 0 aliphatic rings. The minimum Gasteiger partial charge on any atom is -0.496 e. The first-order valence-corrected chi connectivity index (χ1v) is 4.59. The Hall–Kier alpha value is -1.63. The van der Waals surface area contributed by atoms with Crippen molar-refractivity contribution in [1.29, 1.82) is 0 Å². The van der Waals surface area contributed by atoms with Gasteiger partial charge in [0.2, 0.25) is 0 Å². The molecule has 7 heteroatoms. The van der Waals surface area contributed by atoms with Crippen LogP contribution in [0, 0.1) is 10.1 Å². The normalized spacial score (nSPS) is 10.5. The monoisotopic (exact) mass is 274 g/mol. The second-order valence-electron chi connectivity index (χ2n) is 2.52. The maximum absolute atomic E-state index is 10.6. The number of nitrogens with zero attached hydrogens (tertiary/aromatic N) is 2. The van der Waals surface area contributed by atoms with Gasteiger partial charge in [-0.3, -0.25) is 10.1 Å². The molecule has 0 aliphatic carbocycles. The zero-order chi connectivity index (χ0) is 11.4. The molecule has 0 unspecified atom stereocenters. The Morgan fingerprint density at radius 2 is 2.33 bits per heavy atom. The summed E-state index contributed by atoms with van der Waals surface area (Å²) in [5.74, 6) is 0.426. The van der Waals surface area contributed by atoms with Gasteiger partial charge in [-0.2, -0.15) is 0 Å². The van der Waals surface area contributed by atoms with E-state index in [1.54, 1.807) is 0 Å². The first-order chi connectivity index (χ1) is 7.11. The molecule has 0 bridgehead atoms.